The molecular weight excluding hydrogens is 592 g/mol. The first-order valence-corrected chi connectivity index (χ1v) is 15.6. The van der Waals surface area contributed by atoms with E-state index in [1.165, 1.54) is 37.5 Å². The van der Waals surface area contributed by atoms with Gasteiger partial charge < -0.3 is 24.0 Å². The number of methoxy groups -OCH3 is 2. The van der Waals surface area contributed by atoms with E-state index in [-0.39, 0.29) is 23.1 Å². The van der Waals surface area contributed by atoms with Crippen molar-refractivity contribution >= 4 is 17.8 Å². The first kappa shape index (κ1) is 38.4. The predicted molar refractivity (Wildman–Crippen MR) is 187 cm³/mol. The molecule has 0 fully saturated rings. The minimum absolute atomic E-state index is 0.0161. The molecule has 0 unspecified atom stereocenters. The average molecular weight is 641 g/mol. The summed E-state index contributed by atoms with van der Waals surface area (Å²) in [7, 11) is 6.64. The van der Waals surface area contributed by atoms with Gasteiger partial charge in [-0.15, -0.1) is 0 Å². The molecule has 47 heavy (non-hydrogen) atoms. The lowest BCUT2D eigenvalue weighted by Crippen LogP contribution is -2.30. The van der Waals surface area contributed by atoms with Gasteiger partial charge in [0, 0.05) is 25.2 Å². The van der Waals surface area contributed by atoms with E-state index in [0.717, 1.165) is 37.4 Å². The van der Waals surface area contributed by atoms with Crippen molar-refractivity contribution in [3.05, 3.63) is 143 Å². The number of likely N-dealkylation sites (N-methyl/N-ethyl adjacent to an activating group) is 1. The molecular formula is C39H48N2O6. The fraction of sp³-hybridized carbons (Fsp3) is 0.308. The Morgan fingerprint density at radius 3 is 1.53 bits per heavy atom. The Morgan fingerprint density at radius 2 is 1.13 bits per heavy atom. The third-order valence-corrected chi connectivity index (χ3v) is 7.08. The summed E-state index contributed by atoms with van der Waals surface area (Å²) < 4.78 is 15.1. The Kier molecular flexibility index (Phi) is 17.2. The topological polar surface area (TPSA) is 85.4 Å². The largest absolute Gasteiger partial charge is 0.465 e. The van der Waals surface area contributed by atoms with Gasteiger partial charge in [-0.25, -0.2) is 9.59 Å². The SMILES string of the molecule is CCN(CC)C(=O)c1cccc(C)c1.CN(C)CCOC(c1ccccc1)c1ccccc1.COC(=O)c1ccccc1C(=O)OC. The molecule has 0 aliphatic heterocycles. The smallest absolute Gasteiger partial charge is 0.338 e. The Labute approximate surface area is 279 Å². The van der Waals surface area contributed by atoms with E-state index in [0.29, 0.717) is 0 Å². The maximum atomic E-state index is 11.9. The van der Waals surface area contributed by atoms with Gasteiger partial charge in [-0.05, 0) is 70.3 Å². The number of amides is 1. The number of hydrogen-bond donors (Lipinski definition) is 0. The van der Waals surface area contributed by atoms with Gasteiger partial charge in [-0.3, -0.25) is 4.79 Å². The van der Waals surface area contributed by atoms with Crippen molar-refractivity contribution in [2.45, 2.75) is 26.9 Å². The lowest BCUT2D eigenvalue weighted by Gasteiger charge is -2.20. The van der Waals surface area contributed by atoms with Crippen molar-refractivity contribution in [2.24, 2.45) is 0 Å². The lowest BCUT2D eigenvalue weighted by molar-refractivity contribution is 0.0555. The molecule has 250 valence electrons. The number of esters is 2. The highest BCUT2D eigenvalue weighted by Gasteiger charge is 2.17. The van der Waals surface area contributed by atoms with Crippen molar-refractivity contribution in [1.29, 1.82) is 0 Å². The summed E-state index contributed by atoms with van der Waals surface area (Å²) in [5, 5.41) is 0. The van der Waals surface area contributed by atoms with Crippen LogP contribution in [-0.4, -0.2) is 82.2 Å². The summed E-state index contributed by atoms with van der Waals surface area (Å²) in [5.74, 6) is -0.976. The highest BCUT2D eigenvalue weighted by atomic mass is 16.5. The fourth-order valence-corrected chi connectivity index (χ4v) is 4.52. The van der Waals surface area contributed by atoms with Crippen molar-refractivity contribution < 1.29 is 28.6 Å². The van der Waals surface area contributed by atoms with Crippen LogP contribution in [0.2, 0.25) is 0 Å². The standard InChI is InChI=1S/C17H21NO.C12H17NO.C10H10O4/c1-18(2)13-14-19-17(15-9-5-3-6-10-15)16-11-7-4-8-12-16;1-4-13(5-2)12(14)11-8-6-7-10(3)9-11;1-13-9(11)7-5-3-4-6-8(7)10(12)14-2/h3-12,17H,13-14H2,1-2H3;6-9H,4-5H2,1-3H3;3-6H,1-2H3. The van der Waals surface area contributed by atoms with Crippen LogP contribution in [0.3, 0.4) is 0 Å². The molecule has 4 aromatic carbocycles. The maximum Gasteiger partial charge on any atom is 0.338 e. The normalized spacial score (nSPS) is 10.2. The Morgan fingerprint density at radius 1 is 0.660 bits per heavy atom. The second kappa shape index (κ2) is 21.1. The molecule has 8 nitrogen and oxygen atoms in total. The summed E-state index contributed by atoms with van der Waals surface area (Å²) in [6.07, 6.45) is 0.0161. The first-order valence-electron chi connectivity index (χ1n) is 15.6. The summed E-state index contributed by atoms with van der Waals surface area (Å²) in [6, 6.07) is 34.8. The summed E-state index contributed by atoms with van der Waals surface area (Å²) in [5.41, 5.74) is 4.74. The van der Waals surface area contributed by atoms with E-state index in [4.69, 9.17) is 4.74 Å². The van der Waals surface area contributed by atoms with Gasteiger partial charge in [0.05, 0.1) is 32.0 Å². The Bertz CT molecular complexity index is 1430. The molecule has 0 aliphatic carbocycles. The molecule has 0 N–H and O–H groups in total. The minimum Gasteiger partial charge on any atom is -0.465 e. The van der Waals surface area contributed by atoms with Crippen LogP contribution in [0.15, 0.2) is 109 Å². The van der Waals surface area contributed by atoms with Crippen LogP contribution in [0.5, 0.6) is 0 Å². The van der Waals surface area contributed by atoms with Crippen LogP contribution in [0, 0.1) is 6.92 Å². The quantitative estimate of drug-likeness (QED) is 0.162. The summed E-state index contributed by atoms with van der Waals surface area (Å²) in [6.45, 7) is 9.18. The van der Waals surface area contributed by atoms with Gasteiger partial charge in [0.2, 0.25) is 0 Å². The summed E-state index contributed by atoms with van der Waals surface area (Å²) >= 11 is 0. The predicted octanol–water partition coefficient (Wildman–Crippen LogP) is 7.09. The number of ether oxygens (including phenoxy) is 3. The van der Waals surface area contributed by atoms with Gasteiger partial charge in [-0.1, -0.05) is 90.5 Å². The minimum atomic E-state index is -0.550. The van der Waals surface area contributed by atoms with Gasteiger partial charge in [0.1, 0.15) is 6.10 Å². The first-order chi connectivity index (χ1) is 22.7. The van der Waals surface area contributed by atoms with Crippen molar-refractivity contribution in [3.8, 4) is 0 Å². The monoisotopic (exact) mass is 640 g/mol. The van der Waals surface area contributed by atoms with Gasteiger partial charge in [-0.2, -0.15) is 0 Å². The summed E-state index contributed by atoms with van der Waals surface area (Å²) in [4.78, 5) is 38.3. The van der Waals surface area contributed by atoms with E-state index < -0.39 is 11.9 Å². The molecule has 0 saturated heterocycles. The number of hydrogen-bond acceptors (Lipinski definition) is 7. The van der Waals surface area contributed by atoms with Gasteiger partial charge >= 0.3 is 11.9 Å². The fourth-order valence-electron chi connectivity index (χ4n) is 4.52. The number of aryl methyl sites for hydroxylation is 1. The third kappa shape index (κ3) is 12.9. The van der Waals surface area contributed by atoms with Crippen LogP contribution in [0.25, 0.3) is 0 Å². The lowest BCUT2D eigenvalue weighted by atomic mass is 10.0. The average Bonchev–Trinajstić information content (AvgIpc) is 3.11. The molecule has 8 heteroatoms. The van der Waals surface area contributed by atoms with Crippen LogP contribution in [0.4, 0.5) is 0 Å². The third-order valence-electron chi connectivity index (χ3n) is 7.08. The molecule has 4 rings (SSSR count). The van der Waals surface area contributed by atoms with Crippen LogP contribution < -0.4 is 0 Å². The number of nitrogens with zero attached hydrogens (tertiary/aromatic N) is 2. The molecule has 0 spiro atoms. The highest BCUT2D eigenvalue weighted by molar-refractivity contribution is 6.03. The molecule has 0 radical (unpaired) electrons. The van der Waals surface area contributed by atoms with Crippen molar-refractivity contribution in [3.63, 3.8) is 0 Å². The molecule has 1 amide bonds. The Hall–Kier alpha value is -4.79. The molecule has 0 aromatic heterocycles. The molecule has 0 saturated carbocycles. The van der Waals surface area contributed by atoms with Gasteiger partial charge in [0.25, 0.3) is 5.91 Å². The zero-order valence-electron chi connectivity index (χ0n) is 28.6. The van der Waals surface area contributed by atoms with E-state index in [1.54, 1.807) is 12.1 Å². The number of benzene rings is 4. The zero-order valence-corrected chi connectivity index (χ0v) is 28.6. The number of rotatable bonds is 11. The van der Waals surface area contributed by atoms with Crippen LogP contribution in [-0.2, 0) is 14.2 Å². The molecule has 0 aliphatic rings. The number of carbonyl (C=O) groups is 3. The second-order valence-corrected chi connectivity index (χ2v) is 10.8. The van der Waals surface area contributed by atoms with Crippen LogP contribution in [0.1, 0.15) is 67.7 Å². The van der Waals surface area contributed by atoms with Gasteiger partial charge in [0.15, 0.2) is 0 Å². The highest BCUT2D eigenvalue weighted by Crippen LogP contribution is 2.25. The zero-order chi connectivity index (χ0) is 34.6. The van der Waals surface area contributed by atoms with Crippen molar-refractivity contribution in [2.75, 3.05) is 54.6 Å². The second-order valence-electron chi connectivity index (χ2n) is 10.8. The maximum absolute atomic E-state index is 11.9. The van der Waals surface area contributed by atoms with E-state index in [9.17, 15) is 14.4 Å². The molecule has 0 bridgehead atoms. The Balaban J connectivity index is 0.000000250. The molecule has 0 atom stereocenters. The van der Waals surface area contributed by atoms with E-state index >= 15 is 0 Å². The van der Waals surface area contributed by atoms with E-state index in [1.807, 2.05) is 62.1 Å². The number of carbonyl (C=O) groups excluding carboxylic acids is 3. The van der Waals surface area contributed by atoms with Crippen molar-refractivity contribution in [1.82, 2.24) is 9.80 Å². The van der Waals surface area contributed by atoms with E-state index in [2.05, 4.69) is 77.0 Å². The van der Waals surface area contributed by atoms with Crippen LogP contribution >= 0.6 is 0 Å². The molecule has 0 heterocycles. The molecule has 4 aromatic rings.